The van der Waals surface area contributed by atoms with Gasteiger partial charge in [0.1, 0.15) is 5.75 Å². The summed E-state index contributed by atoms with van der Waals surface area (Å²) in [7, 11) is 1.93. The molecule has 0 atom stereocenters. The minimum atomic E-state index is -0.164. The van der Waals surface area contributed by atoms with Gasteiger partial charge in [0.2, 0.25) is 0 Å². The summed E-state index contributed by atoms with van der Waals surface area (Å²) >= 11 is 0. The number of likely N-dealkylation sites (N-methyl/N-ethyl adjacent to an activating group) is 1. The second-order valence-electron chi connectivity index (χ2n) is 7.69. The number of hydrogen-bond donors (Lipinski definition) is 2. The summed E-state index contributed by atoms with van der Waals surface area (Å²) in [6, 6.07) is 11.8. The van der Waals surface area contributed by atoms with E-state index in [9.17, 15) is 4.79 Å². The van der Waals surface area contributed by atoms with E-state index in [1.54, 1.807) is 0 Å². The summed E-state index contributed by atoms with van der Waals surface area (Å²) < 4.78 is 19.1. The average molecular weight is 451 g/mol. The van der Waals surface area contributed by atoms with Gasteiger partial charge in [0.25, 0.3) is 5.91 Å². The molecule has 1 heterocycles. The fourth-order valence-corrected chi connectivity index (χ4v) is 4.07. The van der Waals surface area contributed by atoms with E-state index in [2.05, 4.69) is 10.6 Å². The van der Waals surface area contributed by atoms with Gasteiger partial charge in [-0.2, -0.15) is 5.10 Å². The molecule has 33 heavy (non-hydrogen) atoms. The molecule has 2 aromatic carbocycles. The van der Waals surface area contributed by atoms with Gasteiger partial charge in [0.05, 0.1) is 18.9 Å². The van der Waals surface area contributed by atoms with Gasteiger partial charge < -0.3 is 24.8 Å². The van der Waals surface area contributed by atoms with Crippen LogP contribution in [0, 0.1) is 0 Å². The van der Waals surface area contributed by atoms with Crippen LogP contribution in [0.1, 0.15) is 31.9 Å². The number of benzene rings is 2. The second kappa shape index (κ2) is 9.85. The maximum absolute atomic E-state index is 11.9. The van der Waals surface area contributed by atoms with E-state index in [1.807, 2.05) is 68.9 Å². The Balaban J connectivity index is 1.64. The van der Waals surface area contributed by atoms with Crippen molar-refractivity contribution in [1.82, 2.24) is 15.1 Å². The van der Waals surface area contributed by atoms with Crippen molar-refractivity contribution in [2.45, 2.75) is 27.2 Å². The first kappa shape index (κ1) is 22.5. The minimum Gasteiger partial charge on any atom is -0.494 e. The maximum atomic E-state index is 11.9. The molecule has 1 aliphatic rings. The summed E-state index contributed by atoms with van der Waals surface area (Å²) in [5.41, 5.74) is 5.22. The third-order valence-corrected chi connectivity index (χ3v) is 5.38. The largest absolute Gasteiger partial charge is 0.494 e. The molecule has 0 spiro atoms. The number of rotatable bonds is 10. The van der Waals surface area contributed by atoms with E-state index in [0.29, 0.717) is 31.3 Å². The van der Waals surface area contributed by atoms with Crippen molar-refractivity contribution < 1.29 is 19.0 Å². The summed E-state index contributed by atoms with van der Waals surface area (Å²) in [5.74, 6) is 2.64. The van der Waals surface area contributed by atoms with Crippen molar-refractivity contribution in [2.24, 2.45) is 7.05 Å². The Hall–Kier alpha value is -3.68. The molecule has 1 aliphatic carbocycles. The number of carbonyl (C=O) groups is 1. The number of aromatic nitrogens is 2. The molecular weight excluding hydrogens is 420 g/mol. The number of anilines is 2. The Labute approximate surface area is 193 Å². The van der Waals surface area contributed by atoms with Gasteiger partial charge >= 0.3 is 0 Å². The van der Waals surface area contributed by atoms with E-state index in [0.717, 1.165) is 46.1 Å². The monoisotopic (exact) mass is 450 g/mol. The van der Waals surface area contributed by atoms with Crippen molar-refractivity contribution in [2.75, 3.05) is 31.7 Å². The van der Waals surface area contributed by atoms with Gasteiger partial charge in [-0.1, -0.05) is 6.07 Å². The lowest BCUT2D eigenvalue weighted by atomic mass is 10.1. The van der Waals surface area contributed by atoms with Crippen LogP contribution in [0.25, 0.3) is 11.3 Å². The predicted molar refractivity (Wildman–Crippen MR) is 128 cm³/mol. The number of hydrogen-bond acceptors (Lipinski definition) is 6. The highest BCUT2D eigenvalue weighted by Gasteiger charge is 2.29. The Bertz CT molecular complexity index is 1160. The summed E-state index contributed by atoms with van der Waals surface area (Å²) in [6.07, 6.45) is 0.725. The second-order valence-corrected chi connectivity index (χ2v) is 7.69. The van der Waals surface area contributed by atoms with Crippen molar-refractivity contribution >= 4 is 17.4 Å². The first-order valence-corrected chi connectivity index (χ1v) is 11.3. The van der Waals surface area contributed by atoms with Gasteiger partial charge in [-0.25, -0.2) is 0 Å². The molecule has 1 aromatic heterocycles. The molecule has 0 unspecified atom stereocenters. The third kappa shape index (κ3) is 4.74. The van der Waals surface area contributed by atoms with Crippen molar-refractivity contribution in [3.05, 3.63) is 47.5 Å². The molecule has 4 rings (SSSR count). The summed E-state index contributed by atoms with van der Waals surface area (Å²) in [5, 5.41) is 10.9. The highest BCUT2D eigenvalue weighted by molar-refractivity contribution is 5.82. The fraction of sp³-hybridized carbons (Fsp3) is 0.360. The zero-order valence-corrected chi connectivity index (χ0v) is 19.5. The summed E-state index contributed by atoms with van der Waals surface area (Å²) in [6.45, 7) is 7.39. The van der Waals surface area contributed by atoms with E-state index in [-0.39, 0.29) is 12.5 Å². The van der Waals surface area contributed by atoms with Crippen LogP contribution in [0.4, 0.5) is 11.5 Å². The van der Waals surface area contributed by atoms with Gasteiger partial charge in [-0.15, -0.1) is 0 Å². The van der Waals surface area contributed by atoms with Crippen LogP contribution in [0.5, 0.6) is 17.2 Å². The lowest BCUT2D eigenvalue weighted by molar-refractivity contribution is -0.123. The Kier molecular flexibility index (Phi) is 6.72. The van der Waals surface area contributed by atoms with Crippen LogP contribution in [-0.2, 0) is 18.3 Å². The van der Waals surface area contributed by atoms with Gasteiger partial charge in [0.15, 0.2) is 23.9 Å². The lowest BCUT2D eigenvalue weighted by Crippen LogP contribution is -2.28. The first-order chi connectivity index (χ1) is 16.0. The molecule has 0 fully saturated rings. The van der Waals surface area contributed by atoms with E-state index in [1.165, 1.54) is 0 Å². The van der Waals surface area contributed by atoms with Gasteiger partial charge in [-0.3, -0.25) is 9.48 Å². The topological polar surface area (TPSA) is 86.6 Å². The highest BCUT2D eigenvalue weighted by atomic mass is 16.5. The van der Waals surface area contributed by atoms with E-state index < -0.39 is 0 Å². The first-order valence-electron chi connectivity index (χ1n) is 11.3. The average Bonchev–Trinajstić information content (AvgIpc) is 3.30. The number of nitrogens with zero attached hydrogens (tertiary/aromatic N) is 2. The number of ether oxygens (including phenoxy) is 3. The molecule has 8 nitrogen and oxygen atoms in total. The van der Waals surface area contributed by atoms with Crippen LogP contribution < -0.4 is 24.8 Å². The molecule has 0 aliphatic heterocycles. The normalized spacial score (nSPS) is 11.5. The van der Waals surface area contributed by atoms with Crippen molar-refractivity contribution in [3.63, 3.8) is 0 Å². The van der Waals surface area contributed by atoms with E-state index in [4.69, 9.17) is 19.3 Å². The SMILES string of the molecule is CCNC(=O)COc1cc2c(cc1OCC)Cc1c(Nc3cccc(OCC)c3)nn(C)c1-2. The van der Waals surface area contributed by atoms with Gasteiger partial charge in [-0.05, 0) is 50.6 Å². The van der Waals surface area contributed by atoms with Gasteiger partial charge in [0, 0.05) is 42.9 Å². The van der Waals surface area contributed by atoms with Crippen LogP contribution in [0.2, 0.25) is 0 Å². The lowest BCUT2D eigenvalue weighted by Gasteiger charge is -2.14. The molecule has 0 saturated carbocycles. The Morgan fingerprint density at radius 3 is 2.61 bits per heavy atom. The van der Waals surface area contributed by atoms with Crippen LogP contribution in [0.15, 0.2) is 36.4 Å². The molecule has 0 saturated heterocycles. The molecular formula is C25H30N4O4. The summed E-state index contributed by atoms with van der Waals surface area (Å²) in [4.78, 5) is 11.9. The number of amides is 1. The maximum Gasteiger partial charge on any atom is 0.257 e. The standard InChI is InChI=1S/C25H30N4O4/c1-5-26-23(30)15-33-22-14-19-16(12-21(22)32-7-3)11-20-24(19)29(4)28-25(20)27-17-9-8-10-18(13-17)31-6-2/h8-10,12-14H,5-7,11,15H2,1-4H3,(H,26,30)(H,27,28). The van der Waals surface area contributed by atoms with Crippen molar-refractivity contribution in [1.29, 1.82) is 0 Å². The zero-order chi connectivity index (χ0) is 23.4. The smallest absolute Gasteiger partial charge is 0.257 e. The van der Waals surface area contributed by atoms with Crippen molar-refractivity contribution in [3.8, 4) is 28.5 Å². The van der Waals surface area contributed by atoms with Crippen LogP contribution in [-0.4, -0.2) is 42.1 Å². The highest BCUT2D eigenvalue weighted by Crippen LogP contribution is 2.45. The molecule has 2 N–H and O–H groups in total. The number of fused-ring (bicyclic) bond motifs is 3. The van der Waals surface area contributed by atoms with Crippen LogP contribution in [0.3, 0.4) is 0 Å². The number of aryl methyl sites for hydroxylation is 1. The van der Waals surface area contributed by atoms with E-state index >= 15 is 0 Å². The fourth-order valence-electron chi connectivity index (χ4n) is 4.07. The molecule has 0 radical (unpaired) electrons. The molecule has 1 amide bonds. The quantitative estimate of drug-likeness (QED) is 0.379. The molecule has 8 heteroatoms. The number of carbonyl (C=O) groups excluding carboxylic acids is 1. The minimum absolute atomic E-state index is 0.0616. The Morgan fingerprint density at radius 1 is 1.06 bits per heavy atom. The predicted octanol–water partition coefficient (Wildman–Crippen LogP) is 4.05. The van der Waals surface area contributed by atoms with Crippen LogP contribution >= 0.6 is 0 Å². The zero-order valence-electron chi connectivity index (χ0n) is 19.5. The number of nitrogens with one attached hydrogen (secondary N) is 2. The molecule has 174 valence electrons. The molecule has 0 bridgehead atoms. The third-order valence-electron chi connectivity index (χ3n) is 5.38. The molecule has 3 aromatic rings. The Morgan fingerprint density at radius 2 is 1.85 bits per heavy atom.